The zero-order chi connectivity index (χ0) is 13.1. The second kappa shape index (κ2) is 9.40. The van der Waals surface area contributed by atoms with Crippen molar-refractivity contribution in [1.29, 1.82) is 0 Å². The predicted octanol–water partition coefficient (Wildman–Crippen LogP) is 1.39. The van der Waals surface area contributed by atoms with Gasteiger partial charge in [0.25, 0.3) is 0 Å². The van der Waals surface area contributed by atoms with E-state index in [1.54, 1.807) is 7.11 Å². The number of rotatable bonds is 9. The first-order valence-corrected chi connectivity index (χ1v) is 7.72. The van der Waals surface area contributed by atoms with Gasteiger partial charge in [-0.05, 0) is 20.3 Å². The maximum Gasteiger partial charge on any atom is 0.500 e. The molecule has 0 aromatic heterocycles. The zero-order valence-corrected chi connectivity index (χ0v) is 12.1. The fourth-order valence-corrected chi connectivity index (χ4v) is 3.71. The molecule has 0 heterocycles. The summed E-state index contributed by atoms with van der Waals surface area (Å²) in [5.41, 5.74) is 0. The summed E-state index contributed by atoms with van der Waals surface area (Å²) >= 11 is 0. The van der Waals surface area contributed by atoms with Gasteiger partial charge in [0.2, 0.25) is 0 Å². The molecule has 0 saturated carbocycles. The van der Waals surface area contributed by atoms with E-state index in [2.05, 4.69) is 10.1 Å². The van der Waals surface area contributed by atoms with Gasteiger partial charge in [0.15, 0.2) is 0 Å². The second-order valence-electron chi connectivity index (χ2n) is 3.28. The molecule has 0 atom stereocenters. The number of hydrogen-bond donors (Lipinski definition) is 1. The van der Waals surface area contributed by atoms with Crippen molar-refractivity contribution in [2.75, 3.05) is 34.0 Å². The smallest absolute Gasteiger partial charge is 0.453 e. The molecule has 6 nitrogen and oxygen atoms in total. The summed E-state index contributed by atoms with van der Waals surface area (Å²) in [5, 5.41) is 2.61. The van der Waals surface area contributed by atoms with Crippen molar-refractivity contribution in [3.8, 4) is 0 Å². The summed E-state index contributed by atoms with van der Waals surface area (Å²) in [6, 6.07) is 0.676. The average molecular weight is 265 g/mol. The second-order valence-corrected chi connectivity index (χ2v) is 6.13. The zero-order valence-electron chi connectivity index (χ0n) is 11.1. The Morgan fingerprint density at radius 2 is 1.76 bits per heavy atom. The highest BCUT2D eigenvalue weighted by molar-refractivity contribution is 6.60. The lowest BCUT2D eigenvalue weighted by atomic mass is 10.5. The van der Waals surface area contributed by atoms with E-state index in [0.717, 1.165) is 6.42 Å². The first kappa shape index (κ1) is 16.4. The van der Waals surface area contributed by atoms with Gasteiger partial charge in [0.1, 0.15) is 0 Å². The average Bonchev–Trinajstić information content (AvgIpc) is 2.34. The molecule has 0 aliphatic carbocycles. The molecule has 102 valence electrons. The van der Waals surface area contributed by atoms with E-state index in [4.69, 9.17) is 13.3 Å². The van der Waals surface area contributed by atoms with E-state index in [1.165, 1.54) is 7.11 Å². The lowest BCUT2D eigenvalue weighted by molar-refractivity contribution is 0.0860. The van der Waals surface area contributed by atoms with Gasteiger partial charge >= 0.3 is 14.9 Å². The molecule has 0 aromatic carbocycles. The van der Waals surface area contributed by atoms with Crippen LogP contribution in [0.3, 0.4) is 0 Å². The predicted molar refractivity (Wildman–Crippen MR) is 65.8 cm³/mol. The number of nitrogens with one attached hydrogen (secondary N) is 1. The molecule has 0 unspecified atom stereocenters. The molecule has 0 aromatic rings. The van der Waals surface area contributed by atoms with E-state index in [0.29, 0.717) is 25.8 Å². The molecule has 0 spiro atoms. The normalized spacial score (nSPS) is 11.3. The van der Waals surface area contributed by atoms with Crippen molar-refractivity contribution in [2.45, 2.75) is 26.3 Å². The topological polar surface area (TPSA) is 66.0 Å². The number of methoxy groups -OCH3 is 1. The minimum absolute atomic E-state index is 0.428. The van der Waals surface area contributed by atoms with E-state index in [1.807, 2.05) is 13.8 Å². The van der Waals surface area contributed by atoms with Crippen LogP contribution in [0.1, 0.15) is 20.3 Å². The summed E-state index contributed by atoms with van der Waals surface area (Å²) in [6.07, 6.45) is 0.303. The monoisotopic (exact) mass is 265 g/mol. The Bertz CT molecular complexity index is 209. The van der Waals surface area contributed by atoms with Gasteiger partial charge in [-0.15, -0.1) is 0 Å². The fraction of sp³-hybridized carbons (Fsp3) is 0.900. The molecule has 0 saturated heterocycles. The largest absolute Gasteiger partial charge is 0.500 e. The Morgan fingerprint density at radius 3 is 2.18 bits per heavy atom. The van der Waals surface area contributed by atoms with E-state index in [-0.39, 0.29) is 0 Å². The summed E-state index contributed by atoms with van der Waals surface area (Å²) in [5.74, 6) is 0. The van der Waals surface area contributed by atoms with Crippen molar-refractivity contribution >= 4 is 14.9 Å². The van der Waals surface area contributed by atoms with Gasteiger partial charge in [0.05, 0.1) is 7.11 Å². The third-order valence-corrected chi connectivity index (χ3v) is 5.20. The lowest BCUT2D eigenvalue weighted by Gasteiger charge is -2.27. The third-order valence-electron chi connectivity index (χ3n) is 2.15. The lowest BCUT2D eigenvalue weighted by Crippen LogP contribution is -2.45. The van der Waals surface area contributed by atoms with Gasteiger partial charge in [0, 0.05) is 32.9 Å². The molecule has 17 heavy (non-hydrogen) atoms. The first-order chi connectivity index (χ1) is 8.14. The number of alkyl carbamates (subject to hydrolysis) is 1. The van der Waals surface area contributed by atoms with Crippen LogP contribution in [0.2, 0.25) is 6.04 Å². The van der Waals surface area contributed by atoms with Crippen LogP contribution in [0.5, 0.6) is 0 Å². The Kier molecular flexibility index (Phi) is 9.05. The molecule has 0 radical (unpaired) electrons. The van der Waals surface area contributed by atoms with E-state index in [9.17, 15) is 4.79 Å². The number of hydrogen-bond acceptors (Lipinski definition) is 5. The van der Waals surface area contributed by atoms with Crippen molar-refractivity contribution in [3.05, 3.63) is 0 Å². The van der Waals surface area contributed by atoms with Crippen LogP contribution in [-0.2, 0) is 18.0 Å². The van der Waals surface area contributed by atoms with Crippen molar-refractivity contribution in [3.63, 3.8) is 0 Å². The molecule has 0 bridgehead atoms. The van der Waals surface area contributed by atoms with Crippen molar-refractivity contribution < 1.29 is 22.8 Å². The SMILES string of the molecule is CCO[Si](CCCNC(=O)OC)(OC)OCC. The molecule has 0 fully saturated rings. The maximum absolute atomic E-state index is 10.8. The van der Waals surface area contributed by atoms with Gasteiger partial charge in [-0.1, -0.05) is 0 Å². The highest BCUT2D eigenvalue weighted by Crippen LogP contribution is 2.16. The Hall–Kier alpha value is -0.633. The molecule has 1 amide bonds. The fourth-order valence-electron chi connectivity index (χ4n) is 1.41. The van der Waals surface area contributed by atoms with Gasteiger partial charge < -0.3 is 23.3 Å². The number of ether oxygens (including phenoxy) is 1. The standard InChI is InChI=1S/C10H23NO5Si/c1-5-15-17(14-4,16-6-2)9-7-8-11-10(12)13-3/h5-9H2,1-4H3,(H,11,12). The molecule has 0 rings (SSSR count). The van der Waals surface area contributed by atoms with Gasteiger partial charge in [-0.3, -0.25) is 0 Å². The van der Waals surface area contributed by atoms with E-state index < -0.39 is 14.9 Å². The summed E-state index contributed by atoms with van der Waals surface area (Å²) in [4.78, 5) is 10.8. The Balaban J connectivity index is 4.02. The van der Waals surface area contributed by atoms with Crippen LogP contribution in [-0.4, -0.2) is 48.9 Å². The Morgan fingerprint density at radius 1 is 1.18 bits per heavy atom. The molecule has 7 heteroatoms. The molecular formula is C10H23NO5Si. The summed E-state index contributed by atoms with van der Waals surface area (Å²) < 4.78 is 21.1. The number of carbonyl (C=O) groups is 1. The highest BCUT2D eigenvalue weighted by atomic mass is 28.4. The van der Waals surface area contributed by atoms with Crippen molar-refractivity contribution in [2.24, 2.45) is 0 Å². The quantitative estimate of drug-likeness (QED) is 0.504. The third kappa shape index (κ3) is 6.62. The van der Waals surface area contributed by atoms with Crippen LogP contribution >= 0.6 is 0 Å². The van der Waals surface area contributed by atoms with Crippen LogP contribution in [0, 0.1) is 0 Å². The summed E-state index contributed by atoms with van der Waals surface area (Å²) in [7, 11) is 0.396. The minimum atomic E-state index is -2.54. The molecular weight excluding hydrogens is 242 g/mol. The van der Waals surface area contributed by atoms with Crippen LogP contribution in [0.4, 0.5) is 4.79 Å². The summed E-state index contributed by atoms with van der Waals surface area (Å²) in [6.45, 7) is 5.46. The van der Waals surface area contributed by atoms with Crippen LogP contribution in [0.25, 0.3) is 0 Å². The van der Waals surface area contributed by atoms with Gasteiger partial charge in [-0.25, -0.2) is 4.79 Å². The molecule has 1 N–H and O–H groups in total. The van der Waals surface area contributed by atoms with Crippen LogP contribution < -0.4 is 5.32 Å². The van der Waals surface area contributed by atoms with Crippen molar-refractivity contribution in [1.82, 2.24) is 5.32 Å². The van der Waals surface area contributed by atoms with Gasteiger partial charge in [-0.2, -0.15) is 0 Å². The number of carbonyl (C=O) groups excluding carboxylic acids is 1. The molecule has 0 aliphatic rings. The van der Waals surface area contributed by atoms with Crippen LogP contribution in [0.15, 0.2) is 0 Å². The Labute approximate surface area is 104 Å². The molecule has 0 aliphatic heterocycles. The maximum atomic E-state index is 10.8. The first-order valence-electron chi connectivity index (χ1n) is 5.79. The number of amides is 1. The highest BCUT2D eigenvalue weighted by Gasteiger charge is 2.38. The minimum Gasteiger partial charge on any atom is -0.453 e. The van der Waals surface area contributed by atoms with E-state index >= 15 is 0 Å².